The van der Waals surface area contributed by atoms with Crippen LogP contribution in [0.15, 0.2) is 24.4 Å². The number of rotatable bonds is 5. The van der Waals surface area contributed by atoms with Crippen LogP contribution in [0.3, 0.4) is 0 Å². The molecule has 21 heavy (non-hydrogen) atoms. The Bertz CT molecular complexity index is 630. The first-order valence-electron chi connectivity index (χ1n) is 7.45. The van der Waals surface area contributed by atoms with Gasteiger partial charge in [-0.25, -0.2) is 4.98 Å². The molecule has 1 aromatic heterocycles. The lowest BCUT2D eigenvalue weighted by atomic mass is 10.1. The first-order chi connectivity index (χ1) is 10.3. The van der Waals surface area contributed by atoms with Crippen LogP contribution in [-0.4, -0.2) is 30.8 Å². The van der Waals surface area contributed by atoms with Crippen molar-refractivity contribution in [2.45, 2.75) is 25.8 Å². The molecule has 0 bridgehead atoms. The molecule has 0 spiro atoms. The van der Waals surface area contributed by atoms with Crippen LogP contribution in [0.4, 0.5) is 5.82 Å². The Labute approximate surface area is 124 Å². The van der Waals surface area contributed by atoms with Gasteiger partial charge in [-0.05, 0) is 30.0 Å². The van der Waals surface area contributed by atoms with Gasteiger partial charge in [0.15, 0.2) is 11.5 Å². The molecule has 1 atom stereocenters. The first kappa shape index (κ1) is 13.9. The average Bonchev–Trinajstić information content (AvgIpc) is 2.51. The number of anilines is 1. The third-order valence-corrected chi connectivity index (χ3v) is 3.62. The molecule has 0 radical (unpaired) electrons. The molecule has 2 aromatic rings. The molecule has 3 rings (SSSR count). The Morgan fingerprint density at radius 3 is 2.81 bits per heavy atom. The summed E-state index contributed by atoms with van der Waals surface area (Å²) in [5.74, 6) is 2.42. The van der Waals surface area contributed by atoms with Crippen LogP contribution in [0.1, 0.15) is 19.8 Å². The highest BCUT2D eigenvalue weighted by atomic mass is 16.6. The van der Waals surface area contributed by atoms with E-state index in [1.807, 2.05) is 18.2 Å². The Morgan fingerprint density at radius 2 is 2.05 bits per heavy atom. The maximum absolute atomic E-state index is 6.05. The van der Waals surface area contributed by atoms with Gasteiger partial charge >= 0.3 is 0 Å². The molecule has 1 aromatic carbocycles. The predicted molar refractivity (Wildman–Crippen MR) is 84.1 cm³/mol. The monoisotopic (exact) mass is 287 g/mol. The van der Waals surface area contributed by atoms with E-state index in [1.165, 1.54) is 0 Å². The first-order valence-corrected chi connectivity index (χ1v) is 7.45. The van der Waals surface area contributed by atoms with E-state index in [0.717, 1.165) is 40.9 Å². The number of nitrogens with two attached hydrogens (primary N) is 1. The molecule has 5 nitrogen and oxygen atoms in total. The van der Waals surface area contributed by atoms with Crippen LogP contribution < -0.4 is 20.5 Å². The van der Waals surface area contributed by atoms with Gasteiger partial charge in [-0.1, -0.05) is 13.3 Å². The number of ether oxygens (including phenoxy) is 2. The highest BCUT2D eigenvalue weighted by Gasteiger charge is 2.14. The zero-order valence-corrected chi connectivity index (χ0v) is 12.3. The number of fused-ring (bicyclic) bond motifs is 2. The molecule has 1 aliphatic rings. The number of aromatic nitrogens is 1. The van der Waals surface area contributed by atoms with Gasteiger partial charge in [-0.3, -0.25) is 0 Å². The Balaban J connectivity index is 1.88. The zero-order chi connectivity index (χ0) is 14.7. The zero-order valence-electron chi connectivity index (χ0n) is 12.3. The second-order valence-corrected chi connectivity index (χ2v) is 5.31. The van der Waals surface area contributed by atoms with Crippen LogP contribution in [0.25, 0.3) is 10.8 Å². The van der Waals surface area contributed by atoms with Gasteiger partial charge < -0.3 is 20.5 Å². The summed E-state index contributed by atoms with van der Waals surface area (Å²) in [5.41, 5.74) is 6.05. The lowest BCUT2D eigenvalue weighted by molar-refractivity contribution is 0.172. The molecule has 2 heterocycles. The van der Waals surface area contributed by atoms with Gasteiger partial charge in [-0.15, -0.1) is 0 Å². The van der Waals surface area contributed by atoms with E-state index < -0.39 is 0 Å². The van der Waals surface area contributed by atoms with Gasteiger partial charge in [0.1, 0.15) is 19.0 Å². The minimum atomic E-state index is 0.143. The van der Waals surface area contributed by atoms with E-state index in [9.17, 15) is 0 Å². The molecule has 112 valence electrons. The van der Waals surface area contributed by atoms with Crippen molar-refractivity contribution in [1.82, 2.24) is 4.98 Å². The van der Waals surface area contributed by atoms with Crippen LogP contribution in [0, 0.1) is 0 Å². The van der Waals surface area contributed by atoms with Crippen molar-refractivity contribution in [1.29, 1.82) is 0 Å². The number of hydrogen-bond acceptors (Lipinski definition) is 5. The number of benzene rings is 1. The van der Waals surface area contributed by atoms with Crippen molar-refractivity contribution in [2.75, 3.05) is 25.1 Å². The van der Waals surface area contributed by atoms with Crippen molar-refractivity contribution < 1.29 is 9.47 Å². The maximum atomic E-state index is 6.05. The van der Waals surface area contributed by atoms with Crippen LogP contribution in [-0.2, 0) is 0 Å². The van der Waals surface area contributed by atoms with E-state index in [4.69, 9.17) is 15.2 Å². The van der Waals surface area contributed by atoms with Gasteiger partial charge in [0.25, 0.3) is 0 Å². The Kier molecular flexibility index (Phi) is 4.10. The highest BCUT2D eigenvalue weighted by Crippen LogP contribution is 2.36. The lowest BCUT2D eigenvalue weighted by Gasteiger charge is -2.20. The molecule has 3 N–H and O–H groups in total. The van der Waals surface area contributed by atoms with E-state index in [-0.39, 0.29) is 6.04 Å². The van der Waals surface area contributed by atoms with Crippen molar-refractivity contribution in [2.24, 2.45) is 5.73 Å². The van der Waals surface area contributed by atoms with Crippen LogP contribution >= 0.6 is 0 Å². The van der Waals surface area contributed by atoms with Crippen molar-refractivity contribution in [3.63, 3.8) is 0 Å². The summed E-state index contributed by atoms with van der Waals surface area (Å²) in [7, 11) is 0. The van der Waals surface area contributed by atoms with Gasteiger partial charge in [-0.2, -0.15) is 0 Å². The van der Waals surface area contributed by atoms with Crippen LogP contribution in [0.5, 0.6) is 11.5 Å². The van der Waals surface area contributed by atoms with Crippen molar-refractivity contribution >= 4 is 16.6 Å². The third-order valence-electron chi connectivity index (χ3n) is 3.62. The van der Waals surface area contributed by atoms with Crippen molar-refractivity contribution in [3.8, 4) is 11.5 Å². The fourth-order valence-corrected chi connectivity index (χ4v) is 2.55. The number of nitrogens with one attached hydrogen (secondary N) is 1. The van der Waals surface area contributed by atoms with Crippen molar-refractivity contribution in [3.05, 3.63) is 24.4 Å². The summed E-state index contributed by atoms with van der Waals surface area (Å²) >= 11 is 0. The van der Waals surface area contributed by atoms with Gasteiger partial charge in [0, 0.05) is 24.2 Å². The standard InChI is InChI=1S/C16H21N3O2/c1-2-3-12(17)10-19-16-13-9-15-14(20-6-7-21-15)8-11(13)4-5-18-16/h4-5,8-9,12H,2-3,6-7,10,17H2,1H3,(H,18,19). The van der Waals surface area contributed by atoms with Gasteiger partial charge in [0.2, 0.25) is 0 Å². The summed E-state index contributed by atoms with van der Waals surface area (Å²) in [6, 6.07) is 6.11. The average molecular weight is 287 g/mol. The normalized spacial score (nSPS) is 15.0. The molecule has 1 unspecified atom stereocenters. The molecule has 0 saturated carbocycles. The highest BCUT2D eigenvalue weighted by molar-refractivity contribution is 5.94. The molecule has 5 heteroatoms. The maximum Gasteiger partial charge on any atom is 0.162 e. The summed E-state index contributed by atoms with van der Waals surface area (Å²) in [6.07, 6.45) is 3.89. The molecule has 0 fully saturated rings. The molecular formula is C16H21N3O2. The summed E-state index contributed by atoms with van der Waals surface area (Å²) in [5, 5.41) is 5.46. The number of pyridine rings is 1. The lowest BCUT2D eigenvalue weighted by Crippen LogP contribution is -2.29. The largest absolute Gasteiger partial charge is 0.486 e. The Morgan fingerprint density at radius 1 is 1.29 bits per heavy atom. The molecule has 0 aliphatic carbocycles. The molecule has 0 amide bonds. The van der Waals surface area contributed by atoms with Gasteiger partial charge in [0.05, 0.1) is 0 Å². The van der Waals surface area contributed by atoms with Crippen LogP contribution in [0.2, 0.25) is 0 Å². The SMILES string of the molecule is CCCC(N)CNc1nccc2cc3c(cc12)OCCO3. The second-order valence-electron chi connectivity index (χ2n) is 5.31. The number of nitrogens with zero attached hydrogens (tertiary/aromatic N) is 1. The molecule has 0 saturated heterocycles. The quantitative estimate of drug-likeness (QED) is 0.884. The summed E-state index contributed by atoms with van der Waals surface area (Å²) < 4.78 is 11.3. The third kappa shape index (κ3) is 3.03. The van der Waals surface area contributed by atoms with E-state index >= 15 is 0 Å². The number of hydrogen-bond donors (Lipinski definition) is 2. The van der Waals surface area contributed by atoms with E-state index in [1.54, 1.807) is 6.20 Å². The fraction of sp³-hybridized carbons (Fsp3) is 0.438. The minimum absolute atomic E-state index is 0.143. The second kappa shape index (κ2) is 6.18. The Hall–Kier alpha value is -2.01. The van der Waals surface area contributed by atoms with E-state index in [0.29, 0.717) is 19.8 Å². The predicted octanol–water partition coefficient (Wildman–Crippen LogP) is 2.55. The summed E-state index contributed by atoms with van der Waals surface area (Å²) in [4.78, 5) is 4.42. The molecule has 1 aliphatic heterocycles. The molecular weight excluding hydrogens is 266 g/mol. The smallest absolute Gasteiger partial charge is 0.162 e. The minimum Gasteiger partial charge on any atom is -0.486 e. The fourth-order valence-electron chi connectivity index (χ4n) is 2.55. The van der Waals surface area contributed by atoms with E-state index in [2.05, 4.69) is 17.2 Å². The summed E-state index contributed by atoms with van der Waals surface area (Å²) in [6.45, 7) is 4.04. The topological polar surface area (TPSA) is 69.4 Å².